The van der Waals surface area contributed by atoms with Crippen LogP contribution in [0.2, 0.25) is 10.0 Å². The van der Waals surface area contributed by atoms with Gasteiger partial charge in [-0.1, -0.05) is 23.2 Å². The van der Waals surface area contributed by atoms with Crippen LogP contribution < -0.4 is 4.74 Å². The Morgan fingerprint density at radius 1 is 1.37 bits per heavy atom. The number of halogens is 2. The van der Waals surface area contributed by atoms with E-state index in [9.17, 15) is 9.59 Å². The predicted molar refractivity (Wildman–Crippen MR) is 70.1 cm³/mol. The number of benzene rings is 1. The van der Waals surface area contributed by atoms with Crippen LogP contribution in [0.1, 0.15) is 24.2 Å². The summed E-state index contributed by atoms with van der Waals surface area (Å²) in [5, 5.41) is 9.24. The van der Waals surface area contributed by atoms with Gasteiger partial charge in [-0.2, -0.15) is 0 Å². The standard InChI is InChI=1S/C12H12Cl2O5/c1-3-18-12(17)6(2)19-10-8(11(15)16)4-7(13)5-9(10)14/h4-6H,3H2,1-2H3,(H,15,16). The highest BCUT2D eigenvalue weighted by atomic mass is 35.5. The number of aromatic carboxylic acids is 1. The molecular formula is C12H12Cl2O5. The summed E-state index contributed by atoms with van der Waals surface area (Å²) in [6.45, 7) is 3.30. The molecule has 1 rings (SSSR count). The van der Waals surface area contributed by atoms with Crippen LogP contribution in [-0.2, 0) is 9.53 Å². The second-order valence-corrected chi connectivity index (χ2v) is 4.43. The molecular weight excluding hydrogens is 295 g/mol. The molecule has 0 bridgehead atoms. The summed E-state index contributed by atoms with van der Waals surface area (Å²) in [6.07, 6.45) is -0.975. The zero-order chi connectivity index (χ0) is 14.6. The number of carboxylic acids is 1. The number of carbonyl (C=O) groups is 2. The van der Waals surface area contributed by atoms with Crippen LogP contribution in [0.5, 0.6) is 5.75 Å². The second-order valence-electron chi connectivity index (χ2n) is 3.58. The summed E-state index contributed by atoms with van der Waals surface area (Å²) < 4.78 is 10.0. The van der Waals surface area contributed by atoms with Gasteiger partial charge in [0.05, 0.1) is 11.6 Å². The molecule has 5 nitrogen and oxygen atoms in total. The molecule has 0 aromatic heterocycles. The van der Waals surface area contributed by atoms with Crippen LogP contribution in [0.3, 0.4) is 0 Å². The minimum atomic E-state index is -1.25. The summed E-state index contributed by atoms with van der Waals surface area (Å²) in [5.74, 6) is -1.97. The van der Waals surface area contributed by atoms with Gasteiger partial charge >= 0.3 is 11.9 Å². The van der Waals surface area contributed by atoms with E-state index in [2.05, 4.69) is 0 Å². The number of carbonyl (C=O) groups excluding carboxylic acids is 1. The van der Waals surface area contributed by atoms with E-state index in [0.29, 0.717) is 0 Å². The van der Waals surface area contributed by atoms with Crippen LogP contribution in [0.25, 0.3) is 0 Å². The van der Waals surface area contributed by atoms with E-state index >= 15 is 0 Å². The van der Waals surface area contributed by atoms with E-state index in [-0.39, 0.29) is 28.0 Å². The molecule has 0 spiro atoms. The van der Waals surface area contributed by atoms with Crippen molar-refractivity contribution in [2.75, 3.05) is 6.61 Å². The quantitative estimate of drug-likeness (QED) is 0.847. The summed E-state index contributed by atoms with van der Waals surface area (Å²) >= 11 is 11.6. The van der Waals surface area contributed by atoms with Crippen molar-refractivity contribution in [3.8, 4) is 5.75 Å². The van der Waals surface area contributed by atoms with E-state index < -0.39 is 18.0 Å². The maximum atomic E-state index is 11.4. The van der Waals surface area contributed by atoms with Gasteiger partial charge in [-0.05, 0) is 26.0 Å². The lowest BCUT2D eigenvalue weighted by atomic mass is 10.2. The normalized spacial score (nSPS) is 11.8. The smallest absolute Gasteiger partial charge is 0.347 e. The Hall–Kier alpha value is -1.46. The third-order valence-corrected chi connectivity index (χ3v) is 2.65. The summed E-state index contributed by atoms with van der Waals surface area (Å²) in [4.78, 5) is 22.5. The largest absolute Gasteiger partial charge is 0.478 e. The number of hydrogen-bond acceptors (Lipinski definition) is 4. The van der Waals surface area contributed by atoms with E-state index in [1.807, 2.05) is 0 Å². The highest BCUT2D eigenvalue weighted by molar-refractivity contribution is 6.36. The molecule has 0 aliphatic heterocycles. The summed E-state index contributed by atoms with van der Waals surface area (Å²) in [6, 6.07) is 2.53. The van der Waals surface area contributed by atoms with E-state index in [1.54, 1.807) is 6.92 Å². The van der Waals surface area contributed by atoms with Gasteiger partial charge in [0.25, 0.3) is 0 Å². The van der Waals surface area contributed by atoms with Crippen molar-refractivity contribution in [2.45, 2.75) is 20.0 Å². The fraction of sp³-hybridized carbons (Fsp3) is 0.333. The van der Waals surface area contributed by atoms with E-state index in [4.69, 9.17) is 37.8 Å². The average Bonchev–Trinajstić information content (AvgIpc) is 2.32. The molecule has 0 saturated heterocycles. The highest BCUT2D eigenvalue weighted by Crippen LogP contribution is 2.33. The third-order valence-electron chi connectivity index (χ3n) is 2.15. The molecule has 0 fully saturated rings. The number of esters is 1. The van der Waals surface area contributed by atoms with Crippen LogP contribution in [0.15, 0.2) is 12.1 Å². The Morgan fingerprint density at radius 2 is 2.00 bits per heavy atom. The van der Waals surface area contributed by atoms with E-state index in [0.717, 1.165) is 0 Å². The first-order chi connectivity index (χ1) is 8.86. The van der Waals surface area contributed by atoms with Crippen LogP contribution in [0, 0.1) is 0 Å². The Morgan fingerprint density at radius 3 is 2.53 bits per heavy atom. The first-order valence-corrected chi connectivity index (χ1v) is 6.18. The van der Waals surface area contributed by atoms with Gasteiger partial charge in [-0.15, -0.1) is 0 Å². The SMILES string of the molecule is CCOC(=O)C(C)Oc1c(Cl)cc(Cl)cc1C(=O)O. The number of carboxylic acid groups (broad SMARTS) is 1. The van der Waals surface area contributed by atoms with Gasteiger partial charge in [-0.25, -0.2) is 9.59 Å². The Kier molecular flexibility index (Phi) is 5.44. The monoisotopic (exact) mass is 306 g/mol. The molecule has 7 heteroatoms. The minimum absolute atomic E-state index is 0.0149. The van der Waals surface area contributed by atoms with Crippen molar-refractivity contribution >= 4 is 35.1 Å². The molecule has 1 N–H and O–H groups in total. The highest BCUT2D eigenvalue weighted by Gasteiger charge is 2.22. The lowest BCUT2D eigenvalue weighted by Gasteiger charge is -2.16. The molecule has 19 heavy (non-hydrogen) atoms. The summed E-state index contributed by atoms with van der Waals surface area (Å²) in [7, 11) is 0. The van der Waals surface area contributed by atoms with Gasteiger partial charge in [0.15, 0.2) is 11.9 Å². The molecule has 0 saturated carbocycles. The Balaban J connectivity index is 3.06. The first kappa shape index (κ1) is 15.6. The van der Waals surface area contributed by atoms with Crippen LogP contribution in [0.4, 0.5) is 0 Å². The molecule has 0 aliphatic rings. The molecule has 1 aromatic carbocycles. The van der Waals surface area contributed by atoms with Crippen LogP contribution in [-0.4, -0.2) is 29.8 Å². The van der Waals surface area contributed by atoms with E-state index in [1.165, 1.54) is 19.1 Å². The zero-order valence-corrected chi connectivity index (χ0v) is 11.8. The molecule has 0 radical (unpaired) electrons. The molecule has 1 atom stereocenters. The minimum Gasteiger partial charge on any atom is -0.478 e. The maximum Gasteiger partial charge on any atom is 0.347 e. The van der Waals surface area contributed by atoms with Crippen LogP contribution >= 0.6 is 23.2 Å². The van der Waals surface area contributed by atoms with Crippen molar-refractivity contribution < 1.29 is 24.2 Å². The number of ether oxygens (including phenoxy) is 2. The Bertz CT molecular complexity index is 501. The molecule has 1 unspecified atom stereocenters. The Labute approximate surface area is 120 Å². The summed E-state index contributed by atoms with van der Waals surface area (Å²) in [5.41, 5.74) is -0.214. The molecule has 104 valence electrons. The maximum absolute atomic E-state index is 11.4. The topological polar surface area (TPSA) is 72.8 Å². The molecule has 1 aromatic rings. The van der Waals surface area contributed by atoms with Gasteiger partial charge < -0.3 is 14.6 Å². The fourth-order valence-electron chi connectivity index (χ4n) is 1.32. The predicted octanol–water partition coefficient (Wildman–Crippen LogP) is 3.02. The molecule has 0 amide bonds. The lowest BCUT2D eigenvalue weighted by Crippen LogP contribution is -2.27. The number of rotatable bonds is 5. The third kappa shape index (κ3) is 4.01. The van der Waals surface area contributed by atoms with Gasteiger partial charge in [0, 0.05) is 5.02 Å². The van der Waals surface area contributed by atoms with Gasteiger partial charge in [-0.3, -0.25) is 0 Å². The lowest BCUT2D eigenvalue weighted by molar-refractivity contribution is -0.150. The second kappa shape index (κ2) is 6.63. The molecule has 0 aliphatic carbocycles. The van der Waals surface area contributed by atoms with Gasteiger partial charge in [0.1, 0.15) is 5.56 Å². The average molecular weight is 307 g/mol. The van der Waals surface area contributed by atoms with Crippen molar-refractivity contribution in [2.24, 2.45) is 0 Å². The zero-order valence-electron chi connectivity index (χ0n) is 10.3. The van der Waals surface area contributed by atoms with Crippen molar-refractivity contribution in [3.05, 3.63) is 27.7 Å². The first-order valence-electron chi connectivity index (χ1n) is 5.42. The number of hydrogen-bond donors (Lipinski definition) is 1. The molecule has 0 heterocycles. The van der Waals surface area contributed by atoms with Crippen molar-refractivity contribution in [1.29, 1.82) is 0 Å². The van der Waals surface area contributed by atoms with Gasteiger partial charge in [0.2, 0.25) is 0 Å². The fourth-order valence-corrected chi connectivity index (χ4v) is 1.86. The van der Waals surface area contributed by atoms with Crippen molar-refractivity contribution in [1.82, 2.24) is 0 Å². The van der Waals surface area contributed by atoms with Crippen molar-refractivity contribution in [3.63, 3.8) is 0 Å².